The molecule has 4 aromatic rings. The smallest absolute Gasteiger partial charge is 0.213 e. The van der Waals surface area contributed by atoms with Gasteiger partial charge in [-0.2, -0.15) is 0 Å². The van der Waals surface area contributed by atoms with Gasteiger partial charge in [0.1, 0.15) is 0 Å². The molecule has 0 saturated carbocycles. The molecule has 7 heteroatoms. The minimum absolute atomic E-state index is 0.671. The molecule has 2 aromatic carbocycles. The van der Waals surface area contributed by atoms with E-state index in [0.717, 1.165) is 66.6 Å². The summed E-state index contributed by atoms with van der Waals surface area (Å²) >= 11 is 6.29. The molecule has 1 saturated heterocycles. The van der Waals surface area contributed by atoms with E-state index in [4.69, 9.17) is 16.6 Å². The van der Waals surface area contributed by atoms with Gasteiger partial charge in [0.05, 0.1) is 5.52 Å². The molecule has 5 rings (SSSR count). The summed E-state index contributed by atoms with van der Waals surface area (Å²) in [4.78, 5) is 9.95. The van der Waals surface area contributed by atoms with E-state index in [-0.39, 0.29) is 0 Å². The van der Waals surface area contributed by atoms with Gasteiger partial charge in [-0.3, -0.25) is 4.90 Å². The Morgan fingerprint density at radius 1 is 1.00 bits per heavy atom. The minimum Gasteiger partial charge on any atom is -0.339 e. The number of nitrogens with zero attached hydrogens (tertiary/aromatic N) is 6. The first-order valence-corrected chi connectivity index (χ1v) is 11.3. The van der Waals surface area contributed by atoms with E-state index < -0.39 is 0 Å². The molecule has 0 atom stereocenters. The van der Waals surface area contributed by atoms with E-state index in [1.165, 1.54) is 5.56 Å². The number of anilines is 1. The van der Waals surface area contributed by atoms with Gasteiger partial charge in [0.15, 0.2) is 11.5 Å². The van der Waals surface area contributed by atoms with Crippen LogP contribution in [0.3, 0.4) is 0 Å². The fourth-order valence-corrected chi connectivity index (χ4v) is 4.59. The predicted octanol–water partition coefficient (Wildman–Crippen LogP) is 4.68. The van der Waals surface area contributed by atoms with Crippen LogP contribution in [-0.2, 0) is 0 Å². The third kappa shape index (κ3) is 3.86. The lowest BCUT2D eigenvalue weighted by atomic mass is 10.1. The van der Waals surface area contributed by atoms with Crippen molar-refractivity contribution in [2.45, 2.75) is 20.8 Å². The summed E-state index contributed by atoms with van der Waals surface area (Å²) in [7, 11) is 0. The number of piperazine rings is 1. The van der Waals surface area contributed by atoms with Crippen LogP contribution in [0.25, 0.3) is 27.9 Å². The predicted molar refractivity (Wildman–Crippen MR) is 127 cm³/mol. The van der Waals surface area contributed by atoms with E-state index >= 15 is 0 Å². The standard InChI is InChI=1S/C24H27ClN6/c1-16(2)15-29-9-11-30(12-10-29)24-26-21-14-19(25)7-8-20(21)23-28-27-22(31(23)24)18-6-4-5-17(3)13-18/h4-8,13-14,16H,9-12,15H2,1-3H3. The maximum atomic E-state index is 6.29. The van der Waals surface area contributed by atoms with Crippen molar-refractivity contribution in [3.05, 3.63) is 53.1 Å². The Kier molecular flexibility index (Phi) is 5.28. The SMILES string of the molecule is Cc1cccc(-c2nnc3c4ccc(Cl)cc4nc(N4CCN(CC(C)C)CC4)n23)c1. The summed E-state index contributed by atoms with van der Waals surface area (Å²) in [5, 5.41) is 10.8. The van der Waals surface area contributed by atoms with Gasteiger partial charge in [0.2, 0.25) is 5.95 Å². The van der Waals surface area contributed by atoms with Crippen molar-refractivity contribution in [1.82, 2.24) is 24.5 Å². The number of benzene rings is 2. The van der Waals surface area contributed by atoms with Crippen LogP contribution in [0.4, 0.5) is 5.95 Å². The van der Waals surface area contributed by atoms with Crippen LogP contribution >= 0.6 is 11.6 Å². The van der Waals surface area contributed by atoms with Crippen molar-refractivity contribution < 1.29 is 0 Å². The molecule has 0 bridgehead atoms. The molecule has 0 amide bonds. The molecule has 160 valence electrons. The first kappa shape index (κ1) is 20.2. The maximum absolute atomic E-state index is 6.29. The quantitative estimate of drug-likeness (QED) is 0.466. The van der Waals surface area contributed by atoms with Gasteiger partial charge < -0.3 is 4.90 Å². The average molecular weight is 435 g/mol. The number of hydrogen-bond acceptors (Lipinski definition) is 5. The molecule has 0 unspecified atom stereocenters. The molecule has 3 heterocycles. The monoisotopic (exact) mass is 434 g/mol. The molecule has 1 aliphatic heterocycles. The fourth-order valence-electron chi connectivity index (χ4n) is 4.42. The van der Waals surface area contributed by atoms with Gasteiger partial charge >= 0.3 is 0 Å². The zero-order chi connectivity index (χ0) is 21.5. The van der Waals surface area contributed by atoms with Crippen LogP contribution in [0.1, 0.15) is 19.4 Å². The van der Waals surface area contributed by atoms with Crippen molar-refractivity contribution in [3.8, 4) is 11.4 Å². The van der Waals surface area contributed by atoms with E-state index in [1.54, 1.807) is 0 Å². The van der Waals surface area contributed by atoms with Gasteiger partial charge in [-0.25, -0.2) is 9.38 Å². The third-order valence-corrected chi connectivity index (χ3v) is 6.07. The van der Waals surface area contributed by atoms with Gasteiger partial charge in [-0.1, -0.05) is 49.2 Å². The molecule has 2 aromatic heterocycles. The Morgan fingerprint density at radius 3 is 2.55 bits per heavy atom. The number of fused-ring (bicyclic) bond motifs is 3. The molecule has 0 aliphatic carbocycles. The number of halogens is 1. The highest BCUT2D eigenvalue weighted by molar-refractivity contribution is 6.31. The summed E-state index contributed by atoms with van der Waals surface area (Å²) in [5.74, 6) is 2.38. The Labute approximate surface area is 187 Å². The number of hydrogen-bond donors (Lipinski definition) is 0. The molecular weight excluding hydrogens is 408 g/mol. The summed E-state index contributed by atoms with van der Waals surface area (Å²) in [6.45, 7) is 11.7. The Bertz CT molecular complexity index is 1240. The molecule has 1 aliphatic rings. The highest BCUT2D eigenvalue weighted by Crippen LogP contribution is 2.30. The van der Waals surface area contributed by atoms with E-state index in [1.807, 2.05) is 18.2 Å². The number of aryl methyl sites for hydroxylation is 1. The number of rotatable bonds is 4. The van der Waals surface area contributed by atoms with Crippen molar-refractivity contribution in [2.75, 3.05) is 37.6 Å². The van der Waals surface area contributed by atoms with Crippen molar-refractivity contribution >= 4 is 34.1 Å². The topological polar surface area (TPSA) is 49.6 Å². The van der Waals surface area contributed by atoms with Crippen LogP contribution in [0.15, 0.2) is 42.5 Å². The van der Waals surface area contributed by atoms with Crippen LogP contribution < -0.4 is 4.90 Å². The van der Waals surface area contributed by atoms with Crippen molar-refractivity contribution in [1.29, 1.82) is 0 Å². The second kappa shape index (κ2) is 8.09. The van der Waals surface area contributed by atoms with Gasteiger partial charge in [-0.05, 0) is 37.1 Å². The molecule has 0 radical (unpaired) electrons. The highest BCUT2D eigenvalue weighted by Gasteiger charge is 2.24. The molecule has 6 nitrogen and oxygen atoms in total. The van der Waals surface area contributed by atoms with Gasteiger partial charge in [0.25, 0.3) is 0 Å². The average Bonchev–Trinajstić information content (AvgIpc) is 3.18. The van der Waals surface area contributed by atoms with Crippen molar-refractivity contribution in [2.24, 2.45) is 5.92 Å². The zero-order valence-corrected chi connectivity index (χ0v) is 19.0. The zero-order valence-electron chi connectivity index (χ0n) is 18.2. The second-order valence-corrected chi connectivity index (χ2v) is 9.24. The lowest BCUT2D eigenvalue weighted by Crippen LogP contribution is -2.48. The largest absolute Gasteiger partial charge is 0.339 e. The van der Waals surface area contributed by atoms with Gasteiger partial charge in [0, 0.05) is 48.7 Å². The van der Waals surface area contributed by atoms with Crippen LogP contribution in [-0.4, -0.2) is 57.2 Å². The summed E-state index contributed by atoms with van der Waals surface area (Å²) < 4.78 is 2.11. The normalized spacial score (nSPS) is 15.5. The van der Waals surface area contributed by atoms with E-state index in [2.05, 4.69) is 69.4 Å². The van der Waals surface area contributed by atoms with Crippen LogP contribution in [0.2, 0.25) is 5.02 Å². The summed E-state index contributed by atoms with van der Waals surface area (Å²) in [6.07, 6.45) is 0. The summed E-state index contributed by atoms with van der Waals surface area (Å²) in [5.41, 5.74) is 3.90. The fraction of sp³-hybridized carbons (Fsp3) is 0.375. The van der Waals surface area contributed by atoms with Crippen LogP contribution in [0.5, 0.6) is 0 Å². The first-order valence-electron chi connectivity index (χ1n) is 10.9. The van der Waals surface area contributed by atoms with Crippen molar-refractivity contribution in [3.63, 3.8) is 0 Å². The molecule has 0 N–H and O–H groups in total. The maximum Gasteiger partial charge on any atom is 0.213 e. The van der Waals surface area contributed by atoms with Crippen LogP contribution in [0, 0.1) is 12.8 Å². The number of aromatic nitrogens is 4. The molecule has 1 fully saturated rings. The van der Waals surface area contributed by atoms with Gasteiger partial charge in [-0.15, -0.1) is 10.2 Å². The Hall–Kier alpha value is -2.70. The lowest BCUT2D eigenvalue weighted by molar-refractivity contribution is 0.230. The first-order chi connectivity index (χ1) is 15.0. The Balaban J connectivity index is 1.65. The highest BCUT2D eigenvalue weighted by atomic mass is 35.5. The molecule has 0 spiro atoms. The Morgan fingerprint density at radius 2 is 1.81 bits per heavy atom. The lowest BCUT2D eigenvalue weighted by Gasteiger charge is -2.36. The third-order valence-electron chi connectivity index (χ3n) is 5.84. The second-order valence-electron chi connectivity index (χ2n) is 8.81. The minimum atomic E-state index is 0.671. The summed E-state index contributed by atoms with van der Waals surface area (Å²) in [6, 6.07) is 14.2. The van der Waals surface area contributed by atoms with E-state index in [9.17, 15) is 0 Å². The molecule has 31 heavy (non-hydrogen) atoms. The molecular formula is C24H27ClN6. The van der Waals surface area contributed by atoms with E-state index in [0.29, 0.717) is 10.9 Å².